The Hall–Kier alpha value is -1.11. The standard InChI is InChI=1S/C16H20BrN3O2.ClH/c17-11-3-5-12(6-4-11)20-13(21)8-19-16(22)14-9-1-2-10(7-9)15(14)18;/h3-6,9-10,14-15H,1-2,7-8,18H2,(H,19,22)(H,20,21);1H. The lowest BCUT2D eigenvalue weighted by Crippen LogP contribution is -2.46. The van der Waals surface area contributed by atoms with E-state index >= 15 is 0 Å². The summed E-state index contributed by atoms with van der Waals surface area (Å²) in [7, 11) is 0. The van der Waals surface area contributed by atoms with Crippen molar-refractivity contribution < 1.29 is 9.59 Å². The fourth-order valence-electron chi connectivity index (χ4n) is 3.75. The molecule has 4 atom stereocenters. The van der Waals surface area contributed by atoms with E-state index in [2.05, 4.69) is 26.6 Å². The normalized spacial score (nSPS) is 28.1. The van der Waals surface area contributed by atoms with Crippen LogP contribution in [0.2, 0.25) is 0 Å². The molecule has 0 heterocycles. The van der Waals surface area contributed by atoms with E-state index in [9.17, 15) is 9.59 Å². The Labute approximate surface area is 150 Å². The lowest BCUT2D eigenvalue weighted by atomic mass is 9.84. The van der Waals surface area contributed by atoms with Crippen molar-refractivity contribution in [2.45, 2.75) is 25.3 Å². The topological polar surface area (TPSA) is 84.2 Å². The van der Waals surface area contributed by atoms with Gasteiger partial charge in [-0.25, -0.2) is 0 Å². The molecule has 2 aliphatic rings. The summed E-state index contributed by atoms with van der Waals surface area (Å²) in [5.41, 5.74) is 6.85. The number of halogens is 2. The van der Waals surface area contributed by atoms with Gasteiger partial charge in [-0.1, -0.05) is 15.9 Å². The highest BCUT2D eigenvalue weighted by atomic mass is 79.9. The molecule has 4 N–H and O–H groups in total. The van der Waals surface area contributed by atoms with Gasteiger partial charge in [0.2, 0.25) is 11.8 Å². The summed E-state index contributed by atoms with van der Waals surface area (Å²) in [6, 6.07) is 7.25. The minimum Gasteiger partial charge on any atom is -0.347 e. The second-order valence-electron chi connectivity index (χ2n) is 6.21. The number of amides is 2. The molecule has 2 aliphatic carbocycles. The molecule has 3 rings (SSSR count). The molecule has 2 bridgehead atoms. The van der Waals surface area contributed by atoms with Crippen LogP contribution in [0.3, 0.4) is 0 Å². The molecule has 7 heteroatoms. The van der Waals surface area contributed by atoms with E-state index in [1.165, 1.54) is 0 Å². The van der Waals surface area contributed by atoms with E-state index in [0.29, 0.717) is 17.5 Å². The number of carbonyl (C=O) groups is 2. The van der Waals surface area contributed by atoms with E-state index < -0.39 is 0 Å². The summed E-state index contributed by atoms with van der Waals surface area (Å²) in [6.07, 6.45) is 3.28. The monoisotopic (exact) mass is 401 g/mol. The minimum atomic E-state index is -0.229. The van der Waals surface area contributed by atoms with E-state index in [0.717, 1.165) is 23.7 Å². The summed E-state index contributed by atoms with van der Waals surface area (Å²) < 4.78 is 0.948. The van der Waals surface area contributed by atoms with Gasteiger partial charge in [-0.2, -0.15) is 0 Å². The predicted molar refractivity (Wildman–Crippen MR) is 95.3 cm³/mol. The quantitative estimate of drug-likeness (QED) is 0.722. The molecule has 0 aliphatic heterocycles. The first-order valence-corrected chi connectivity index (χ1v) is 8.42. The highest BCUT2D eigenvalue weighted by molar-refractivity contribution is 9.10. The zero-order valence-electron chi connectivity index (χ0n) is 12.6. The summed E-state index contributed by atoms with van der Waals surface area (Å²) in [5.74, 6) is 0.448. The van der Waals surface area contributed by atoms with E-state index in [4.69, 9.17) is 5.73 Å². The van der Waals surface area contributed by atoms with Gasteiger partial charge in [0.15, 0.2) is 0 Å². The molecule has 5 nitrogen and oxygen atoms in total. The van der Waals surface area contributed by atoms with Gasteiger partial charge in [0.25, 0.3) is 0 Å². The summed E-state index contributed by atoms with van der Waals surface area (Å²) >= 11 is 3.34. The van der Waals surface area contributed by atoms with Crippen molar-refractivity contribution in [3.8, 4) is 0 Å². The van der Waals surface area contributed by atoms with Crippen LogP contribution in [0.1, 0.15) is 19.3 Å². The molecule has 0 aromatic heterocycles. The summed E-state index contributed by atoms with van der Waals surface area (Å²) in [4.78, 5) is 24.2. The minimum absolute atomic E-state index is 0. The van der Waals surface area contributed by atoms with Crippen molar-refractivity contribution in [1.82, 2.24) is 5.32 Å². The molecule has 0 spiro atoms. The van der Waals surface area contributed by atoms with Gasteiger partial charge < -0.3 is 16.4 Å². The third kappa shape index (κ3) is 4.05. The number of anilines is 1. The van der Waals surface area contributed by atoms with Crippen LogP contribution in [0.15, 0.2) is 28.7 Å². The van der Waals surface area contributed by atoms with Crippen LogP contribution in [0, 0.1) is 17.8 Å². The Morgan fingerprint density at radius 3 is 2.43 bits per heavy atom. The molecular formula is C16H21BrClN3O2. The molecule has 126 valence electrons. The first kappa shape index (κ1) is 18.2. The average molecular weight is 403 g/mol. The maximum Gasteiger partial charge on any atom is 0.243 e. The van der Waals surface area contributed by atoms with E-state index in [-0.39, 0.29) is 42.7 Å². The van der Waals surface area contributed by atoms with Gasteiger partial charge in [-0.05, 0) is 55.4 Å². The number of carbonyl (C=O) groups excluding carboxylic acids is 2. The fraction of sp³-hybridized carbons (Fsp3) is 0.500. The average Bonchev–Trinajstić information content (AvgIpc) is 3.08. The van der Waals surface area contributed by atoms with E-state index in [1.807, 2.05) is 12.1 Å². The number of nitrogens with one attached hydrogen (secondary N) is 2. The number of nitrogens with two attached hydrogens (primary N) is 1. The Morgan fingerprint density at radius 1 is 1.17 bits per heavy atom. The van der Waals surface area contributed by atoms with E-state index in [1.54, 1.807) is 12.1 Å². The van der Waals surface area contributed by atoms with Gasteiger partial charge in [-0.3, -0.25) is 9.59 Å². The van der Waals surface area contributed by atoms with Crippen LogP contribution in [-0.4, -0.2) is 24.4 Å². The van der Waals surface area contributed by atoms with Crippen molar-refractivity contribution in [2.24, 2.45) is 23.5 Å². The highest BCUT2D eigenvalue weighted by Crippen LogP contribution is 2.47. The van der Waals surface area contributed by atoms with Crippen LogP contribution < -0.4 is 16.4 Å². The number of rotatable bonds is 4. The largest absolute Gasteiger partial charge is 0.347 e. The first-order chi connectivity index (χ1) is 10.5. The fourth-order valence-corrected chi connectivity index (χ4v) is 4.01. The summed E-state index contributed by atoms with van der Waals surface area (Å²) in [5, 5.41) is 5.49. The Morgan fingerprint density at radius 2 is 1.83 bits per heavy atom. The Balaban J connectivity index is 0.00000192. The molecule has 2 fully saturated rings. The molecule has 2 amide bonds. The van der Waals surface area contributed by atoms with Gasteiger partial charge in [-0.15, -0.1) is 12.4 Å². The summed E-state index contributed by atoms with van der Waals surface area (Å²) in [6.45, 7) is -0.0183. The molecular weight excluding hydrogens is 382 g/mol. The Kier molecular flexibility index (Phi) is 6.06. The molecule has 2 saturated carbocycles. The third-order valence-corrected chi connectivity index (χ3v) is 5.36. The number of benzene rings is 1. The van der Waals surface area contributed by atoms with Crippen molar-refractivity contribution >= 4 is 45.8 Å². The number of fused-ring (bicyclic) bond motifs is 2. The van der Waals surface area contributed by atoms with Gasteiger partial charge in [0.1, 0.15) is 0 Å². The van der Waals surface area contributed by atoms with Crippen LogP contribution in [0.4, 0.5) is 5.69 Å². The highest BCUT2D eigenvalue weighted by Gasteiger charge is 2.48. The van der Waals surface area contributed by atoms with Gasteiger partial charge in [0, 0.05) is 16.2 Å². The first-order valence-electron chi connectivity index (χ1n) is 7.63. The van der Waals surface area contributed by atoms with Crippen LogP contribution in [0.5, 0.6) is 0 Å². The maximum absolute atomic E-state index is 12.3. The second-order valence-corrected chi connectivity index (χ2v) is 7.12. The van der Waals surface area contributed by atoms with Crippen LogP contribution >= 0.6 is 28.3 Å². The number of hydrogen-bond donors (Lipinski definition) is 3. The van der Waals surface area contributed by atoms with Gasteiger partial charge in [0.05, 0.1) is 12.5 Å². The second kappa shape index (κ2) is 7.64. The van der Waals surface area contributed by atoms with Crippen LogP contribution in [0.25, 0.3) is 0 Å². The van der Waals surface area contributed by atoms with Crippen molar-refractivity contribution in [2.75, 3.05) is 11.9 Å². The molecule has 0 radical (unpaired) electrons. The predicted octanol–water partition coefficient (Wildman–Crippen LogP) is 2.30. The number of hydrogen-bond acceptors (Lipinski definition) is 3. The maximum atomic E-state index is 12.3. The Bertz CT molecular complexity index is 579. The lowest BCUT2D eigenvalue weighted by molar-refractivity contribution is -0.129. The van der Waals surface area contributed by atoms with Crippen molar-refractivity contribution in [3.63, 3.8) is 0 Å². The smallest absolute Gasteiger partial charge is 0.243 e. The lowest BCUT2D eigenvalue weighted by Gasteiger charge is -2.26. The van der Waals surface area contributed by atoms with Gasteiger partial charge >= 0.3 is 0 Å². The molecule has 1 aromatic carbocycles. The van der Waals surface area contributed by atoms with Crippen LogP contribution in [-0.2, 0) is 9.59 Å². The van der Waals surface area contributed by atoms with Crippen molar-refractivity contribution in [3.05, 3.63) is 28.7 Å². The molecule has 1 aromatic rings. The van der Waals surface area contributed by atoms with Crippen molar-refractivity contribution in [1.29, 1.82) is 0 Å². The molecule has 4 unspecified atom stereocenters. The molecule has 23 heavy (non-hydrogen) atoms. The SMILES string of the molecule is Cl.NC1C2CCC(C2)C1C(=O)NCC(=O)Nc1ccc(Br)cc1. The zero-order chi connectivity index (χ0) is 15.7. The third-order valence-electron chi connectivity index (χ3n) is 4.83. The zero-order valence-corrected chi connectivity index (χ0v) is 15.0. The molecule has 0 saturated heterocycles.